The van der Waals surface area contributed by atoms with Gasteiger partial charge >= 0.3 is 5.97 Å². The quantitative estimate of drug-likeness (QED) is 0.254. The summed E-state index contributed by atoms with van der Waals surface area (Å²) in [6.45, 7) is 4.42. The van der Waals surface area contributed by atoms with E-state index in [9.17, 15) is 4.79 Å². The summed E-state index contributed by atoms with van der Waals surface area (Å²) < 4.78 is 0. The zero-order valence-corrected chi connectivity index (χ0v) is 5.03. The molecule has 0 heterocycles. The third kappa shape index (κ3) is 4.99. The summed E-state index contributed by atoms with van der Waals surface area (Å²) in [6.07, 6.45) is -0.170. The molecule has 0 saturated heterocycles. The van der Waals surface area contributed by atoms with Crippen molar-refractivity contribution in [1.29, 1.82) is 0 Å². The van der Waals surface area contributed by atoms with E-state index in [4.69, 9.17) is 5.11 Å². The maximum atomic E-state index is 10.1. The number of carbonyl (C=O) groups excluding carboxylic acids is 1. The molecule has 1 N–H and O–H groups in total. The van der Waals surface area contributed by atoms with E-state index in [1.54, 1.807) is 0 Å². The van der Waals surface area contributed by atoms with Gasteiger partial charge in [-0.05, 0) is 6.92 Å². The first-order valence-electron chi connectivity index (χ1n) is 2.34. The first-order valence-corrected chi connectivity index (χ1v) is 2.34. The molecule has 0 aliphatic heterocycles. The molecule has 0 spiro atoms. The monoisotopic (exact) mass is 132 g/mol. The fourth-order valence-corrected chi connectivity index (χ4v) is 0.151. The van der Waals surface area contributed by atoms with Crippen molar-refractivity contribution in [1.82, 2.24) is 0 Å². The predicted molar refractivity (Wildman–Crippen MR) is 29.1 cm³/mol. The van der Waals surface area contributed by atoms with Crippen molar-refractivity contribution in [3.05, 3.63) is 12.7 Å². The molecule has 0 saturated carbocycles. The molecule has 0 bridgehead atoms. The Morgan fingerprint density at radius 1 is 1.89 bits per heavy atom. The van der Waals surface area contributed by atoms with Gasteiger partial charge in [-0.2, -0.15) is 4.89 Å². The Kier molecular flexibility index (Phi) is 3.66. The van der Waals surface area contributed by atoms with Gasteiger partial charge in [0.15, 0.2) is 6.29 Å². The number of hydrogen-bond donors (Lipinski definition) is 1. The van der Waals surface area contributed by atoms with Crippen molar-refractivity contribution in [2.24, 2.45) is 0 Å². The minimum atomic E-state index is -1.10. The summed E-state index contributed by atoms with van der Waals surface area (Å²) in [7, 11) is 0. The Bertz CT molecular complexity index is 108. The lowest BCUT2D eigenvalue weighted by Crippen LogP contribution is -2.10. The average molecular weight is 132 g/mol. The molecule has 9 heavy (non-hydrogen) atoms. The fourth-order valence-electron chi connectivity index (χ4n) is 0.151. The van der Waals surface area contributed by atoms with E-state index in [1.807, 2.05) is 0 Å². The van der Waals surface area contributed by atoms with Crippen LogP contribution in [0, 0.1) is 0 Å². The maximum absolute atomic E-state index is 10.1. The lowest BCUT2D eigenvalue weighted by molar-refractivity contribution is -0.333. The molecule has 0 aromatic heterocycles. The number of aliphatic hydroxyl groups excluding tert-OH is 1. The van der Waals surface area contributed by atoms with Crippen LogP contribution >= 0.6 is 0 Å². The van der Waals surface area contributed by atoms with E-state index in [1.165, 1.54) is 6.92 Å². The minimum absolute atomic E-state index is 0.726. The van der Waals surface area contributed by atoms with Gasteiger partial charge in [-0.15, -0.1) is 0 Å². The van der Waals surface area contributed by atoms with Gasteiger partial charge in [0.05, 0.1) is 0 Å². The second-order valence-electron chi connectivity index (χ2n) is 1.30. The standard InChI is InChI=1S/C5H8O4/c1-3-5(7)9-8-4(2)6/h3-4,6H,1H2,2H3. The first-order chi connectivity index (χ1) is 4.16. The number of carbonyl (C=O) groups is 1. The molecule has 0 aromatic carbocycles. The molecule has 1 atom stereocenters. The van der Waals surface area contributed by atoms with Gasteiger partial charge in [0, 0.05) is 6.08 Å². The van der Waals surface area contributed by atoms with E-state index in [-0.39, 0.29) is 0 Å². The van der Waals surface area contributed by atoms with Crippen LogP contribution in [0.15, 0.2) is 12.7 Å². The Balaban J connectivity index is 3.27. The summed E-state index contributed by atoms with van der Waals surface area (Å²) in [6, 6.07) is 0. The summed E-state index contributed by atoms with van der Waals surface area (Å²) in [5, 5.41) is 8.36. The maximum Gasteiger partial charge on any atom is 0.365 e. The highest BCUT2D eigenvalue weighted by atomic mass is 17.2. The molecule has 0 fully saturated rings. The van der Waals surface area contributed by atoms with Crippen LogP contribution in [0.5, 0.6) is 0 Å². The summed E-state index contributed by atoms with van der Waals surface area (Å²) in [5.74, 6) is -0.726. The molecule has 4 heteroatoms. The number of rotatable bonds is 3. The van der Waals surface area contributed by atoms with Crippen molar-refractivity contribution >= 4 is 5.97 Å². The molecule has 0 rings (SSSR count). The zero-order valence-electron chi connectivity index (χ0n) is 5.03. The molecule has 52 valence electrons. The van der Waals surface area contributed by atoms with Crippen molar-refractivity contribution in [3.63, 3.8) is 0 Å². The van der Waals surface area contributed by atoms with Crippen molar-refractivity contribution < 1.29 is 19.7 Å². The van der Waals surface area contributed by atoms with Crippen LogP contribution in [-0.4, -0.2) is 17.4 Å². The van der Waals surface area contributed by atoms with Gasteiger partial charge in [-0.1, -0.05) is 6.58 Å². The SMILES string of the molecule is C=CC(=O)OOC(C)O. The Hall–Kier alpha value is -0.870. The van der Waals surface area contributed by atoms with Crippen LogP contribution in [0.4, 0.5) is 0 Å². The van der Waals surface area contributed by atoms with Crippen LogP contribution in [0.3, 0.4) is 0 Å². The topological polar surface area (TPSA) is 55.8 Å². The summed E-state index contributed by atoms with van der Waals surface area (Å²) in [4.78, 5) is 18.1. The molecular weight excluding hydrogens is 124 g/mol. The Morgan fingerprint density at radius 3 is 2.78 bits per heavy atom. The molecular formula is C5H8O4. The van der Waals surface area contributed by atoms with Crippen molar-refractivity contribution in [2.75, 3.05) is 0 Å². The molecule has 4 nitrogen and oxygen atoms in total. The van der Waals surface area contributed by atoms with Crippen LogP contribution < -0.4 is 0 Å². The summed E-state index contributed by atoms with van der Waals surface area (Å²) >= 11 is 0. The van der Waals surface area contributed by atoms with Gasteiger partial charge in [0.2, 0.25) is 0 Å². The minimum Gasteiger partial charge on any atom is -0.365 e. The van der Waals surface area contributed by atoms with Crippen LogP contribution in [0.1, 0.15) is 6.92 Å². The molecule has 0 aromatic rings. The summed E-state index contributed by atoms with van der Waals surface area (Å²) in [5.41, 5.74) is 0. The highest BCUT2D eigenvalue weighted by Crippen LogP contribution is 1.86. The molecule has 0 aliphatic carbocycles. The molecule has 1 unspecified atom stereocenters. The van der Waals surface area contributed by atoms with Crippen molar-refractivity contribution in [3.8, 4) is 0 Å². The van der Waals surface area contributed by atoms with Crippen molar-refractivity contribution in [2.45, 2.75) is 13.2 Å². The van der Waals surface area contributed by atoms with Gasteiger partial charge in [0.1, 0.15) is 0 Å². The highest BCUT2D eigenvalue weighted by molar-refractivity contribution is 5.80. The van der Waals surface area contributed by atoms with E-state index < -0.39 is 12.3 Å². The van der Waals surface area contributed by atoms with E-state index in [2.05, 4.69) is 16.4 Å². The molecule has 0 radical (unpaired) electrons. The predicted octanol–water partition coefficient (Wildman–Crippen LogP) is -0.0145. The first kappa shape index (κ1) is 8.13. The number of aliphatic hydroxyl groups is 1. The lowest BCUT2D eigenvalue weighted by atomic mass is 10.7. The highest BCUT2D eigenvalue weighted by Gasteiger charge is 1.99. The second-order valence-corrected chi connectivity index (χ2v) is 1.30. The van der Waals surface area contributed by atoms with Crippen LogP contribution in [0.2, 0.25) is 0 Å². The van der Waals surface area contributed by atoms with Gasteiger partial charge in [-0.3, -0.25) is 4.89 Å². The Labute approximate surface area is 52.6 Å². The van der Waals surface area contributed by atoms with Gasteiger partial charge in [0.25, 0.3) is 0 Å². The van der Waals surface area contributed by atoms with Crippen LogP contribution in [0.25, 0.3) is 0 Å². The largest absolute Gasteiger partial charge is 0.365 e. The second kappa shape index (κ2) is 4.05. The van der Waals surface area contributed by atoms with Gasteiger partial charge in [-0.25, -0.2) is 4.79 Å². The normalized spacial score (nSPS) is 12.2. The lowest BCUT2D eigenvalue weighted by Gasteiger charge is -2.01. The fraction of sp³-hybridized carbons (Fsp3) is 0.400. The third-order valence-corrected chi connectivity index (χ3v) is 0.436. The Morgan fingerprint density at radius 2 is 2.44 bits per heavy atom. The average Bonchev–Trinajstić information content (AvgIpc) is 1.83. The van der Waals surface area contributed by atoms with E-state index in [0.29, 0.717) is 0 Å². The third-order valence-electron chi connectivity index (χ3n) is 0.436. The smallest absolute Gasteiger partial charge is 0.365 e. The van der Waals surface area contributed by atoms with Crippen LogP contribution in [-0.2, 0) is 14.6 Å². The zero-order chi connectivity index (χ0) is 7.28. The molecule has 0 amide bonds. The number of hydrogen-bond acceptors (Lipinski definition) is 4. The van der Waals surface area contributed by atoms with E-state index in [0.717, 1.165) is 6.08 Å². The van der Waals surface area contributed by atoms with E-state index >= 15 is 0 Å². The molecule has 0 aliphatic rings. The van der Waals surface area contributed by atoms with Gasteiger partial charge < -0.3 is 5.11 Å².